The second-order valence-electron chi connectivity index (χ2n) is 5.80. The van der Waals surface area contributed by atoms with E-state index in [9.17, 15) is 4.79 Å². The normalized spacial score (nSPS) is 18.7. The van der Waals surface area contributed by atoms with Crippen LogP contribution in [0.4, 0.5) is 5.69 Å². The van der Waals surface area contributed by atoms with Crippen LogP contribution in [0.25, 0.3) is 0 Å². The first-order chi connectivity index (χ1) is 11.1. The summed E-state index contributed by atoms with van der Waals surface area (Å²) in [5.41, 5.74) is 8.07. The molecular weight excluding hydrogens is 354 g/mol. The largest absolute Gasteiger partial charge is 0.369 e. The van der Waals surface area contributed by atoms with E-state index >= 15 is 0 Å². The minimum atomic E-state index is -0.613. The number of rotatable bonds is 4. The summed E-state index contributed by atoms with van der Waals surface area (Å²) in [6, 6.07) is 17.2. The molecule has 1 fully saturated rings. The highest BCUT2D eigenvalue weighted by molar-refractivity contribution is 9.10. The maximum Gasteiger partial charge on any atom is 0.241 e. The molecule has 0 radical (unpaired) electrons. The van der Waals surface area contributed by atoms with Crippen LogP contribution >= 0.6 is 15.9 Å². The number of anilines is 1. The second-order valence-corrected chi connectivity index (χ2v) is 6.72. The third kappa shape index (κ3) is 3.92. The number of benzene rings is 2. The van der Waals surface area contributed by atoms with Gasteiger partial charge >= 0.3 is 0 Å². The summed E-state index contributed by atoms with van der Waals surface area (Å²) in [6.07, 6.45) is 0.934. The molecule has 0 saturated carbocycles. The molecule has 1 heterocycles. The molecule has 2 aromatic rings. The SMILES string of the molecule is NC(C(=O)NC1CCN(c2ccc(Br)cc2)C1)c1ccccc1. The monoisotopic (exact) mass is 373 g/mol. The third-order valence-electron chi connectivity index (χ3n) is 4.17. The van der Waals surface area contributed by atoms with E-state index in [1.165, 1.54) is 5.69 Å². The number of hydrogen-bond donors (Lipinski definition) is 2. The van der Waals surface area contributed by atoms with Gasteiger partial charge in [-0.25, -0.2) is 0 Å². The van der Waals surface area contributed by atoms with E-state index < -0.39 is 6.04 Å². The van der Waals surface area contributed by atoms with Gasteiger partial charge in [-0.1, -0.05) is 46.3 Å². The fraction of sp³-hybridized carbons (Fsp3) is 0.278. The lowest BCUT2D eigenvalue weighted by molar-refractivity contribution is -0.123. The summed E-state index contributed by atoms with van der Waals surface area (Å²) in [6.45, 7) is 1.75. The van der Waals surface area contributed by atoms with E-state index in [1.807, 2.05) is 42.5 Å². The second kappa shape index (κ2) is 7.15. The Kier molecular flexibility index (Phi) is 4.98. The fourth-order valence-electron chi connectivity index (χ4n) is 2.87. The lowest BCUT2D eigenvalue weighted by atomic mass is 10.1. The molecule has 5 heteroatoms. The van der Waals surface area contributed by atoms with Crippen molar-refractivity contribution in [3.05, 3.63) is 64.6 Å². The molecule has 1 aliphatic heterocycles. The van der Waals surface area contributed by atoms with E-state index in [0.717, 1.165) is 29.5 Å². The van der Waals surface area contributed by atoms with Crippen molar-refractivity contribution in [3.8, 4) is 0 Å². The Balaban J connectivity index is 1.57. The maximum atomic E-state index is 12.3. The molecule has 0 spiro atoms. The van der Waals surface area contributed by atoms with Gasteiger partial charge in [0, 0.05) is 29.3 Å². The lowest BCUT2D eigenvalue weighted by Crippen LogP contribution is -2.42. The Morgan fingerprint density at radius 2 is 1.87 bits per heavy atom. The van der Waals surface area contributed by atoms with Crippen LogP contribution in [0.15, 0.2) is 59.1 Å². The number of carbonyl (C=O) groups is 1. The standard InChI is InChI=1S/C18H20BrN3O/c19-14-6-8-16(9-7-14)22-11-10-15(12-22)21-18(23)17(20)13-4-2-1-3-5-13/h1-9,15,17H,10-12,20H2,(H,21,23). The number of carbonyl (C=O) groups excluding carboxylic acids is 1. The summed E-state index contributed by atoms with van der Waals surface area (Å²) in [4.78, 5) is 14.6. The Hall–Kier alpha value is -1.85. The predicted molar refractivity (Wildman–Crippen MR) is 96.3 cm³/mol. The maximum absolute atomic E-state index is 12.3. The van der Waals surface area contributed by atoms with Crippen molar-refractivity contribution in [3.63, 3.8) is 0 Å². The van der Waals surface area contributed by atoms with E-state index in [1.54, 1.807) is 0 Å². The number of nitrogens with one attached hydrogen (secondary N) is 1. The van der Waals surface area contributed by atoms with E-state index in [4.69, 9.17) is 5.73 Å². The lowest BCUT2D eigenvalue weighted by Gasteiger charge is -2.20. The average molecular weight is 374 g/mol. The zero-order chi connectivity index (χ0) is 16.2. The highest BCUT2D eigenvalue weighted by atomic mass is 79.9. The summed E-state index contributed by atoms with van der Waals surface area (Å²) < 4.78 is 1.07. The fourth-order valence-corrected chi connectivity index (χ4v) is 3.13. The van der Waals surface area contributed by atoms with Crippen LogP contribution in [-0.2, 0) is 4.79 Å². The van der Waals surface area contributed by atoms with Gasteiger partial charge in [-0.05, 0) is 36.2 Å². The van der Waals surface area contributed by atoms with Crippen LogP contribution in [0.5, 0.6) is 0 Å². The molecule has 3 N–H and O–H groups in total. The van der Waals surface area contributed by atoms with Gasteiger partial charge < -0.3 is 16.0 Å². The topological polar surface area (TPSA) is 58.4 Å². The van der Waals surface area contributed by atoms with Gasteiger partial charge in [-0.15, -0.1) is 0 Å². The van der Waals surface area contributed by atoms with Crippen LogP contribution in [0, 0.1) is 0 Å². The van der Waals surface area contributed by atoms with Crippen LogP contribution in [0.1, 0.15) is 18.0 Å². The van der Waals surface area contributed by atoms with Gasteiger partial charge in [0.05, 0.1) is 0 Å². The Morgan fingerprint density at radius 1 is 1.17 bits per heavy atom. The number of nitrogens with two attached hydrogens (primary N) is 1. The zero-order valence-electron chi connectivity index (χ0n) is 12.8. The minimum absolute atomic E-state index is 0.112. The van der Waals surface area contributed by atoms with Gasteiger partial charge in [0.2, 0.25) is 5.91 Å². The number of halogens is 1. The van der Waals surface area contributed by atoms with Crippen molar-refractivity contribution in [1.82, 2.24) is 5.32 Å². The molecule has 0 aromatic heterocycles. The number of hydrogen-bond acceptors (Lipinski definition) is 3. The van der Waals surface area contributed by atoms with E-state index in [-0.39, 0.29) is 11.9 Å². The highest BCUT2D eigenvalue weighted by Crippen LogP contribution is 2.23. The molecular formula is C18H20BrN3O. The smallest absolute Gasteiger partial charge is 0.241 e. The number of amides is 1. The van der Waals surface area contributed by atoms with Crippen molar-refractivity contribution in [2.75, 3.05) is 18.0 Å². The first kappa shape index (κ1) is 16.0. The summed E-state index contributed by atoms with van der Waals surface area (Å²) in [7, 11) is 0. The van der Waals surface area contributed by atoms with E-state index in [2.05, 4.69) is 38.3 Å². The molecule has 1 aliphatic rings. The molecule has 0 bridgehead atoms. The molecule has 120 valence electrons. The summed E-state index contributed by atoms with van der Waals surface area (Å²) in [5, 5.41) is 3.07. The van der Waals surface area contributed by atoms with Crippen LogP contribution in [0.3, 0.4) is 0 Å². The van der Waals surface area contributed by atoms with Gasteiger partial charge in [0.1, 0.15) is 6.04 Å². The molecule has 2 atom stereocenters. The van der Waals surface area contributed by atoms with Crippen LogP contribution < -0.4 is 16.0 Å². The van der Waals surface area contributed by atoms with Crippen LogP contribution in [-0.4, -0.2) is 25.0 Å². The highest BCUT2D eigenvalue weighted by Gasteiger charge is 2.26. The summed E-state index contributed by atoms with van der Waals surface area (Å²) >= 11 is 3.45. The van der Waals surface area contributed by atoms with E-state index in [0.29, 0.717) is 0 Å². The molecule has 0 aliphatic carbocycles. The molecule has 4 nitrogen and oxygen atoms in total. The predicted octanol–water partition coefficient (Wildman–Crippen LogP) is 2.84. The number of nitrogens with zero attached hydrogens (tertiary/aromatic N) is 1. The third-order valence-corrected chi connectivity index (χ3v) is 4.70. The Labute approximate surface area is 144 Å². The average Bonchev–Trinajstić information content (AvgIpc) is 3.04. The first-order valence-electron chi connectivity index (χ1n) is 7.75. The van der Waals surface area contributed by atoms with Crippen molar-refractivity contribution >= 4 is 27.5 Å². The molecule has 1 amide bonds. The molecule has 23 heavy (non-hydrogen) atoms. The zero-order valence-corrected chi connectivity index (χ0v) is 14.4. The van der Waals surface area contributed by atoms with Gasteiger partial charge in [0.25, 0.3) is 0 Å². The Morgan fingerprint density at radius 3 is 2.57 bits per heavy atom. The van der Waals surface area contributed by atoms with Crippen molar-refractivity contribution in [2.24, 2.45) is 5.73 Å². The molecule has 2 aromatic carbocycles. The van der Waals surface area contributed by atoms with Crippen molar-refractivity contribution < 1.29 is 4.79 Å². The van der Waals surface area contributed by atoms with Gasteiger partial charge in [0.15, 0.2) is 0 Å². The molecule has 3 rings (SSSR count). The van der Waals surface area contributed by atoms with Crippen LogP contribution in [0.2, 0.25) is 0 Å². The summed E-state index contributed by atoms with van der Waals surface area (Å²) in [5.74, 6) is -0.112. The first-order valence-corrected chi connectivity index (χ1v) is 8.54. The van der Waals surface area contributed by atoms with Gasteiger partial charge in [-0.3, -0.25) is 4.79 Å². The molecule has 1 saturated heterocycles. The minimum Gasteiger partial charge on any atom is -0.369 e. The molecule has 2 unspecified atom stereocenters. The quantitative estimate of drug-likeness (QED) is 0.865. The Bertz CT molecular complexity index is 660. The van der Waals surface area contributed by atoms with Crippen molar-refractivity contribution in [1.29, 1.82) is 0 Å². The van der Waals surface area contributed by atoms with Crippen molar-refractivity contribution in [2.45, 2.75) is 18.5 Å². The van der Waals surface area contributed by atoms with Gasteiger partial charge in [-0.2, -0.15) is 0 Å².